The minimum Gasteiger partial charge on any atom is -0.480 e. The van der Waals surface area contributed by atoms with Crippen LogP contribution in [0, 0.1) is 13.8 Å². The summed E-state index contributed by atoms with van der Waals surface area (Å²) in [5, 5.41) is 1.38. The molecule has 0 amide bonds. The molecular weight excluding hydrogens is 835 g/mol. The minimum atomic E-state index is -0.169. The smallest absolute Gasteiger partial charge is 0.238 e. The Hall–Kier alpha value is -5.32. The topological polar surface area (TPSA) is 158 Å². The van der Waals surface area contributed by atoms with Crippen molar-refractivity contribution in [1.29, 1.82) is 0 Å². The number of halogens is 3. The molecule has 3 N–H and O–H groups in total. The van der Waals surface area contributed by atoms with Crippen molar-refractivity contribution in [2.75, 3.05) is 14.2 Å². The van der Waals surface area contributed by atoms with Crippen LogP contribution in [-0.2, 0) is 9.68 Å². The van der Waals surface area contributed by atoms with E-state index in [1.807, 2.05) is 111 Å². The molecule has 0 aliphatic carbocycles. The summed E-state index contributed by atoms with van der Waals surface area (Å²) in [6.45, 7) is 7.82. The van der Waals surface area contributed by atoms with Gasteiger partial charge in [-0.15, -0.1) is 0 Å². The number of aromatic nitrogens is 6. The third-order valence-electron chi connectivity index (χ3n) is 8.68. The van der Waals surface area contributed by atoms with Gasteiger partial charge < -0.3 is 19.0 Å². The van der Waals surface area contributed by atoms with E-state index in [0.717, 1.165) is 32.7 Å². The zero-order valence-electron chi connectivity index (χ0n) is 31.9. The molecule has 4 atom stereocenters. The normalized spacial score (nSPS) is 18.6. The van der Waals surface area contributed by atoms with E-state index >= 15 is 0 Å². The van der Waals surface area contributed by atoms with Gasteiger partial charge in [0.1, 0.15) is 41.4 Å². The molecule has 4 aromatic heterocycles. The standard InChI is InChI=1S/C20H20ClN5O2.C16H15BrClN3O2.C4H6N2/c1-12-10-26(11-22-12)17-9-8-16(23-20(17)27-3)19-24-18(13(2)28-25-19)14-4-6-15(21)7-5-14;1-9-14(10-3-5-11(18)6-4-10)20-15(21-23-9)13-8-7-12(17)16(19-13)22-2;1-4-2-5-3-6-4/h4-11,13,18H,1-3H3,(H,24,25);3-9,14H,1-2H3,(H,20,21);2-3H,1H3,(H,5,6)/t13-,18-;9-,14-;/m11./s1. The average molecular weight is 877 g/mol. The highest BCUT2D eigenvalue weighted by atomic mass is 79.9. The summed E-state index contributed by atoms with van der Waals surface area (Å²) in [7, 11) is 3.16. The Kier molecular flexibility index (Phi) is 13.9. The van der Waals surface area contributed by atoms with Crippen molar-refractivity contribution in [1.82, 2.24) is 40.4 Å². The van der Waals surface area contributed by atoms with Crippen LogP contribution in [0.2, 0.25) is 10.0 Å². The summed E-state index contributed by atoms with van der Waals surface area (Å²) in [6, 6.07) is 22.4. The summed E-state index contributed by atoms with van der Waals surface area (Å²) >= 11 is 15.3. The van der Waals surface area contributed by atoms with Crippen LogP contribution in [-0.4, -0.2) is 67.6 Å². The van der Waals surface area contributed by atoms with Gasteiger partial charge >= 0.3 is 0 Å². The summed E-state index contributed by atoms with van der Waals surface area (Å²) < 4.78 is 13.4. The van der Waals surface area contributed by atoms with E-state index in [4.69, 9.17) is 52.3 Å². The zero-order valence-corrected chi connectivity index (χ0v) is 35.0. The zero-order chi connectivity index (χ0) is 40.5. The number of hydrogen-bond acceptors (Lipinski definition) is 12. The van der Waals surface area contributed by atoms with Crippen molar-refractivity contribution in [3.05, 3.63) is 146 Å². The van der Waals surface area contributed by atoms with Crippen molar-refractivity contribution in [3.63, 3.8) is 0 Å². The maximum Gasteiger partial charge on any atom is 0.238 e. The van der Waals surface area contributed by atoms with Crippen LogP contribution in [0.15, 0.2) is 112 Å². The monoisotopic (exact) mass is 874 g/mol. The number of methoxy groups -OCH3 is 2. The number of imidazole rings is 2. The number of aryl methyl sites for hydroxylation is 2. The van der Waals surface area contributed by atoms with E-state index in [2.05, 4.69) is 51.8 Å². The number of benzene rings is 2. The van der Waals surface area contributed by atoms with Crippen molar-refractivity contribution < 1.29 is 19.1 Å². The molecule has 0 fully saturated rings. The van der Waals surface area contributed by atoms with E-state index in [9.17, 15) is 0 Å². The Morgan fingerprint density at radius 1 is 0.719 bits per heavy atom. The molecule has 0 bridgehead atoms. The van der Waals surface area contributed by atoms with Gasteiger partial charge in [0.05, 0.1) is 37.0 Å². The summed E-state index contributed by atoms with van der Waals surface area (Å²) in [4.78, 5) is 40.8. The quantitative estimate of drug-likeness (QED) is 0.143. The molecule has 2 aliphatic rings. The molecule has 296 valence electrons. The summed E-state index contributed by atoms with van der Waals surface area (Å²) in [5.41, 5.74) is 11.9. The molecule has 6 heterocycles. The molecule has 8 rings (SSSR count). The number of ether oxygens (including phenoxy) is 2. The van der Waals surface area contributed by atoms with E-state index in [0.29, 0.717) is 44.9 Å². The number of rotatable bonds is 7. The SMILES string of the molecule is COc1nc(C2=N[C@@H](c3ccc(Cl)cc3)[C@@H](C)ON2)ccc1-n1cnc(C)c1.COc1nc(C2=N[C@@H](c3ccc(Cl)cc3)[C@@H](C)ON2)ccc1Br.Cc1cnc[nH]1. The second-order valence-corrected chi connectivity index (χ2v) is 14.6. The maximum absolute atomic E-state index is 6.00. The van der Waals surface area contributed by atoms with Crippen molar-refractivity contribution in [2.45, 2.75) is 52.0 Å². The fraction of sp³-hybridized carbons (Fsp3) is 0.250. The summed E-state index contributed by atoms with van der Waals surface area (Å²) in [6.07, 6.45) is 6.83. The first kappa shape index (κ1) is 41.3. The molecule has 2 aliphatic heterocycles. The van der Waals surface area contributed by atoms with Crippen LogP contribution in [0.25, 0.3) is 5.69 Å². The molecule has 2 aromatic carbocycles. The van der Waals surface area contributed by atoms with Crippen LogP contribution in [0.1, 0.15) is 59.8 Å². The van der Waals surface area contributed by atoms with E-state index in [1.165, 1.54) is 0 Å². The van der Waals surface area contributed by atoms with Crippen LogP contribution >= 0.6 is 39.1 Å². The lowest BCUT2D eigenvalue weighted by molar-refractivity contribution is -0.00484. The Labute approximate surface area is 348 Å². The molecular formula is C40H41BrCl2N10O4. The van der Waals surface area contributed by atoms with Gasteiger partial charge in [-0.25, -0.2) is 30.9 Å². The Bertz CT molecular complexity index is 2300. The molecule has 0 radical (unpaired) electrons. The molecule has 0 unspecified atom stereocenters. The number of nitrogens with zero attached hydrogens (tertiary/aromatic N) is 7. The van der Waals surface area contributed by atoms with Crippen molar-refractivity contribution in [3.8, 4) is 17.4 Å². The van der Waals surface area contributed by atoms with Crippen molar-refractivity contribution in [2.24, 2.45) is 9.98 Å². The molecule has 0 saturated heterocycles. The third kappa shape index (κ3) is 10.6. The summed E-state index contributed by atoms with van der Waals surface area (Å²) in [5.74, 6) is 2.08. The number of aromatic amines is 1. The lowest BCUT2D eigenvalue weighted by Crippen LogP contribution is -2.38. The Balaban J connectivity index is 0.000000170. The fourth-order valence-electron chi connectivity index (χ4n) is 5.70. The molecule has 0 saturated carbocycles. The number of H-pyrrole nitrogens is 1. The number of hydrogen-bond donors (Lipinski definition) is 3. The number of hydroxylamine groups is 2. The first-order valence-corrected chi connectivity index (χ1v) is 19.3. The Morgan fingerprint density at radius 3 is 1.68 bits per heavy atom. The molecule has 57 heavy (non-hydrogen) atoms. The van der Waals surface area contributed by atoms with E-state index < -0.39 is 0 Å². The van der Waals surface area contributed by atoms with Gasteiger partial charge in [-0.2, -0.15) is 0 Å². The lowest BCUT2D eigenvalue weighted by atomic mass is 10.0. The Morgan fingerprint density at radius 2 is 1.25 bits per heavy atom. The number of aliphatic imine (C=N–C) groups is 2. The van der Waals surface area contributed by atoms with Gasteiger partial charge in [-0.1, -0.05) is 47.5 Å². The second kappa shape index (κ2) is 19.2. The second-order valence-electron chi connectivity index (χ2n) is 12.9. The van der Waals surface area contributed by atoms with Crippen molar-refractivity contribution >= 4 is 50.8 Å². The van der Waals surface area contributed by atoms with Crippen LogP contribution in [0.5, 0.6) is 11.8 Å². The number of amidine groups is 2. The average Bonchev–Trinajstić information content (AvgIpc) is 3.90. The van der Waals surface area contributed by atoms with Crippen LogP contribution in [0.4, 0.5) is 0 Å². The van der Waals surface area contributed by atoms with E-state index in [1.54, 1.807) is 33.1 Å². The fourth-order valence-corrected chi connectivity index (χ4v) is 6.34. The van der Waals surface area contributed by atoms with Gasteiger partial charge in [0, 0.05) is 28.1 Å². The van der Waals surface area contributed by atoms with Gasteiger partial charge in [0.15, 0.2) is 11.7 Å². The largest absolute Gasteiger partial charge is 0.480 e. The highest BCUT2D eigenvalue weighted by Gasteiger charge is 2.28. The molecule has 17 heteroatoms. The molecule has 14 nitrogen and oxygen atoms in total. The van der Waals surface area contributed by atoms with E-state index in [-0.39, 0.29) is 24.3 Å². The maximum atomic E-state index is 6.00. The molecule has 0 spiro atoms. The number of nitrogens with one attached hydrogen (secondary N) is 3. The van der Waals surface area contributed by atoms with Gasteiger partial charge in [0.25, 0.3) is 0 Å². The third-order valence-corrected chi connectivity index (χ3v) is 9.79. The minimum absolute atomic E-state index is 0.114. The van der Waals surface area contributed by atoms with Gasteiger partial charge in [-0.3, -0.25) is 19.7 Å². The highest BCUT2D eigenvalue weighted by Crippen LogP contribution is 2.30. The highest BCUT2D eigenvalue weighted by molar-refractivity contribution is 9.10. The van der Waals surface area contributed by atoms with Gasteiger partial charge in [-0.05, 0) is 103 Å². The predicted octanol–water partition coefficient (Wildman–Crippen LogP) is 8.28. The molecule has 6 aromatic rings. The van der Waals surface area contributed by atoms with Crippen LogP contribution in [0.3, 0.4) is 0 Å². The van der Waals surface area contributed by atoms with Gasteiger partial charge in [0.2, 0.25) is 11.8 Å². The first-order valence-electron chi connectivity index (χ1n) is 17.7. The first-order chi connectivity index (χ1) is 27.5. The number of pyridine rings is 2. The predicted molar refractivity (Wildman–Crippen MR) is 223 cm³/mol. The lowest BCUT2D eigenvalue weighted by Gasteiger charge is -2.28. The van der Waals surface area contributed by atoms with Crippen LogP contribution < -0.4 is 20.4 Å².